The minimum absolute atomic E-state index is 0.153. The highest BCUT2D eigenvalue weighted by atomic mass is 35.5. The minimum atomic E-state index is -0.386. The van der Waals surface area contributed by atoms with Crippen molar-refractivity contribution in [3.05, 3.63) is 94.7 Å². The maximum absolute atomic E-state index is 12.6. The number of para-hydroxylation sites is 2. The summed E-state index contributed by atoms with van der Waals surface area (Å²) in [6.07, 6.45) is 0. The molecule has 0 atom stereocenters. The fourth-order valence-corrected chi connectivity index (χ4v) is 3.30. The van der Waals surface area contributed by atoms with Gasteiger partial charge in [0, 0.05) is 16.3 Å². The molecule has 0 aliphatic rings. The molecule has 1 heterocycles. The van der Waals surface area contributed by atoms with Crippen LogP contribution in [0.4, 0.5) is 5.69 Å². The molecular formula is C24H17Cl2NO4. The Morgan fingerprint density at radius 2 is 1.65 bits per heavy atom. The summed E-state index contributed by atoms with van der Waals surface area (Å²) in [6.45, 7) is 0. The first kappa shape index (κ1) is 20.8. The number of anilines is 1. The van der Waals surface area contributed by atoms with Crippen molar-refractivity contribution in [1.29, 1.82) is 0 Å². The van der Waals surface area contributed by atoms with E-state index in [1.807, 2.05) is 24.3 Å². The third-order valence-electron chi connectivity index (χ3n) is 4.43. The van der Waals surface area contributed by atoms with Gasteiger partial charge in [0.25, 0.3) is 5.91 Å². The Morgan fingerprint density at radius 3 is 2.39 bits per heavy atom. The number of benzene rings is 3. The first-order chi connectivity index (χ1) is 15.0. The van der Waals surface area contributed by atoms with Gasteiger partial charge in [-0.3, -0.25) is 4.79 Å². The largest absolute Gasteiger partial charge is 0.493 e. The molecular weight excluding hydrogens is 437 g/mol. The highest BCUT2D eigenvalue weighted by Crippen LogP contribution is 2.33. The second kappa shape index (κ2) is 9.16. The summed E-state index contributed by atoms with van der Waals surface area (Å²) in [5.41, 5.74) is 1.21. The van der Waals surface area contributed by atoms with Crippen LogP contribution in [0.1, 0.15) is 10.6 Å². The van der Waals surface area contributed by atoms with Gasteiger partial charge in [-0.1, -0.05) is 35.3 Å². The number of hydrogen-bond donors (Lipinski definition) is 1. The first-order valence-corrected chi connectivity index (χ1v) is 10.1. The van der Waals surface area contributed by atoms with Gasteiger partial charge in [-0.25, -0.2) is 0 Å². The number of nitrogens with one attached hydrogen (secondary N) is 1. The van der Waals surface area contributed by atoms with Crippen molar-refractivity contribution in [2.24, 2.45) is 0 Å². The molecule has 0 spiro atoms. The van der Waals surface area contributed by atoms with E-state index in [0.717, 1.165) is 0 Å². The molecule has 4 aromatic rings. The molecule has 156 valence electrons. The molecule has 0 aliphatic heterocycles. The molecule has 1 amide bonds. The normalized spacial score (nSPS) is 10.5. The molecule has 3 aromatic carbocycles. The van der Waals surface area contributed by atoms with Gasteiger partial charge in [-0.2, -0.15) is 0 Å². The standard InChI is InChI=1S/C24H17Cl2NO4/c1-29-21-4-2-3-5-22(21)30-17-9-7-16(8-10-17)27-24(28)23-13-12-20(31-23)18-14-15(25)6-11-19(18)26/h2-14H,1H3,(H,27,28). The monoisotopic (exact) mass is 453 g/mol. The molecule has 1 N–H and O–H groups in total. The molecule has 0 saturated heterocycles. The summed E-state index contributed by atoms with van der Waals surface area (Å²) in [6, 6.07) is 22.6. The zero-order chi connectivity index (χ0) is 21.8. The van der Waals surface area contributed by atoms with Crippen LogP contribution >= 0.6 is 23.2 Å². The van der Waals surface area contributed by atoms with Crippen molar-refractivity contribution in [2.45, 2.75) is 0 Å². The second-order valence-corrected chi connectivity index (χ2v) is 7.36. The van der Waals surface area contributed by atoms with Gasteiger partial charge >= 0.3 is 0 Å². The lowest BCUT2D eigenvalue weighted by Crippen LogP contribution is -2.10. The van der Waals surface area contributed by atoms with Crippen LogP contribution in [-0.2, 0) is 0 Å². The van der Waals surface area contributed by atoms with E-state index in [9.17, 15) is 4.79 Å². The third kappa shape index (κ3) is 4.85. The summed E-state index contributed by atoms with van der Waals surface area (Å²) in [7, 11) is 1.58. The molecule has 31 heavy (non-hydrogen) atoms. The maximum atomic E-state index is 12.6. The number of methoxy groups -OCH3 is 1. The van der Waals surface area contributed by atoms with E-state index in [1.54, 1.807) is 61.7 Å². The SMILES string of the molecule is COc1ccccc1Oc1ccc(NC(=O)c2ccc(-c3cc(Cl)ccc3Cl)o2)cc1. The van der Waals surface area contributed by atoms with Gasteiger partial charge in [0.15, 0.2) is 17.3 Å². The topological polar surface area (TPSA) is 60.7 Å². The third-order valence-corrected chi connectivity index (χ3v) is 5.00. The van der Waals surface area contributed by atoms with Crippen molar-refractivity contribution in [1.82, 2.24) is 0 Å². The lowest BCUT2D eigenvalue weighted by atomic mass is 10.2. The number of carbonyl (C=O) groups is 1. The predicted octanol–water partition coefficient (Wildman–Crippen LogP) is 7.31. The van der Waals surface area contributed by atoms with E-state index in [2.05, 4.69) is 5.32 Å². The van der Waals surface area contributed by atoms with Gasteiger partial charge < -0.3 is 19.2 Å². The lowest BCUT2D eigenvalue weighted by Gasteiger charge is -2.10. The summed E-state index contributed by atoms with van der Waals surface area (Å²) < 4.78 is 16.8. The fourth-order valence-electron chi connectivity index (χ4n) is 2.92. The number of furan rings is 1. The summed E-state index contributed by atoms with van der Waals surface area (Å²) in [5.74, 6) is 2.07. The first-order valence-electron chi connectivity index (χ1n) is 9.31. The Labute approximate surface area is 189 Å². The maximum Gasteiger partial charge on any atom is 0.291 e. The van der Waals surface area contributed by atoms with Crippen LogP contribution in [0.3, 0.4) is 0 Å². The number of rotatable bonds is 6. The molecule has 0 aliphatic carbocycles. The average molecular weight is 454 g/mol. The minimum Gasteiger partial charge on any atom is -0.493 e. The van der Waals surface area contributed by atoms with Crippen LogP contribution in [0, 0.1) is 0 Å². The molecule has 4 rings (SSSR count). The Kier molecular flexibility index (Phi) is 6.16. The zero-order valence-electron chi connectivity index (χ0n) is 16.4. The summed E-state index contributed by atoms with van der Waals surface area (Å²) in [4.78, 5) is 12.6. The summed E-state index contributed by atoms with van der Waals surface area (Å²) >= 11 is 12.2. The van der Waals surface area contributed by atoms with E-state index in [0.29, 0.717) is 44.3 Å². The van der Waals surface area contributed by atoms with E-state index in [1.165, 1.54) is 0 Å². The highest BCUT2D eigenvalue weighted by Gasteiger charge is 2.15. The van der Waals surface area contributed by atoms with Gasteiger partial charge in [-0.15, -0.1) is 0 Å². The van der Waals surface area contributed by atoms with Gasteiger partial charge in [0.1, 0.15) is 11.5 Å². The second-order valence-electron chi connectivity index (χ2n) is 6.52. The van der Waals surface area contributed by atoms with Crippen LogP contribution in [0.15, 0.2) is 83.3 Å². The molecule has 1 aromatic heterocycles. The van der Waals surface area contributed by atoms with Crippen LogP contribution in [0.5, 0.6) is 17.2 Å². The van der Waals surface area contributed by atoms with Crippen molar-refractivity contribution in [3.63, 3.8) is 0 Å². The van der Waals surface area contributed by atoms with Crippen molar-refractivity contribution >= 4 is 34.8 Å². The molecule has 0 bridgehead atoms. The Balaban J connectivity index is 1.44. The zero-order valence-corrected chi connectivity index (χ0v) is 17.9. The van der Waals surface area contributed by atoms with E-state index in [-0.39, 0.29) is 11.7 Å². The molecule has 7 heteroatoms. The smallest absolute Gasteiger partial charge is 0.291 e. The number of carbonyl (C=O) groups excluding carboxylic acids is 1. The number of ether oxygens (including phenoxy) is 2. The average Bonchev–Trinajstić information content (AvgIpc) is 3.27. The van der Waals surface area contributed by atoms with Crippen LogP contribution in [-0.4, -0.2) is 13.0 Å². The molecule has 0 fully saturated rings. The molecule has 5 nitrogen and oxygen atoms in total. The fraction of sp³-hybridized carbons (Fsp3) is 0.0417. The van der Waals surface area contributed by atoms with Gasteiger partial charge in [0.05, 0.1) is 12.1 Å². The quantitative estimate of drug-likeness (QED) is 0.332. The van der Waals surface area contributed by atoms with E-state index >= 15 is 0 Å². The molecule has 0 unspecified atom stereocenters. The summed E-state index contributed by atoms with van der Waals surface area (Å²) in [5, 5.41) is 3.80. The Hall–Kier alpha value is -3.41. The van der Waals surface area contributed by atoms with Gasteiger partial charge in [0.2, 0.25) is 0 Å². The number of halogens is 2. The van der Waals surface area contributed by atoms with Crippen LogP contribution in [0.25, 0.3) is 11.3 Å². The van der Waals surface area contributed by atoms with Crippen LogP contribution < -0.4 is 14.8 Å². The Bertz CT molecular complexity index is 1220. The molecule has 0 radical (unpaired) electrons. The number of amides is 1. The lowest BCUT2D eigenvalue weighted by molar-refractivity contribution is 0.0997. The van der Waals surface area contributed by atoms with Crippen molar-refractivity contribution in [2.75, 3.05) is 12.4 Å². The number of hydrogen-bond acceptors (Lipinski definition) is 4. The molecule has 0 saturated carbocycles. The van der Waals surface area contributed by atoms with E-state index < -0.39 is 0 Å². The van der Waals surface area contributed by atoms with Crippen LogP contribution in [0.2, 0.25) is 10.0 Å². The predicted molar refractivity (Wildman–Crippen MR) is 122 cm³/mol. The highest BCUT2D eigenvalue weighted by molar-refractivity contribution is 6.35. The van der Waals surface area contributed by atoms with E-state index in [4.69, 9.17) is 37.1 Å². The van der Waals surface area contributed by atoms with Crippen molar-refractivity contribution < 1.29 is 18.7 Å². The Morgan fingerprint density at radius 1 is 0.903 bits per heavy atom. The van der Waals surface area contributed by atoms with Gasteiger partial charge in [-0.05, 0) is 66.7 Å². The van der Waals surface area contributed by atoms with Crippen molar-refractivity contribution in [3.8, 4) is 28.6 Å².